The molecule has 1 saturated heterocycles. The van der Waals surface area contributed by atoms with Crippen LogP contribution in [0.1, 0.15) is 52.0 Å². The third-order valence-electron chi connectivity index (χ3n) is 6.48. The third kappa shape index (κ3) is 4.42. The Morgan fingerprint density at radius 3 is 2.53 bits per heavy atom. The molecular weight excluding hydrogens is 396 g/mol. The molecule has 1 aliphatic heterocycles. The highest BCUT2D eigenvalue weighted by molar-refractivity contribution is 8.00. The van der Waals surface area contributed by atoms with Gasteiger partial charge < -0.3 is 9.80 Å². The standard InChI is InChI=1S/C23H32N4O2S/c1-3-25-13-15-26(16-14-25)21(28)17(2)30-23-24-20-12-8-7-11-19(20)22(29)27(23)18-9-5-4-6-10-18/h7-8,11-12,17-18H,3-6,9-10,13-16H2,1-2H3/t17-/m0/s1. The van der Waals surface area contributed by atoms with Gasteiger partial charge in [0.15, 0.2) is 5.16 Å². The second-order valence-corrected chi connectivity index (χ2v) is 9.71. The van der Waals surface area contributed by atoms with Crippen LogP contribution in [0.2, 0.25) is 0 Å². The Morgan fingerprint density at radius 2 is 1.83 bits per heavy atom. The van der Waals surface area contributed by atoms with Crippen LogP contribution < -0.4 is 5.56 Å². The molecule has 6 nitrogen and oxygen atoms in total. The summed E-state index contributed by atoms with van der Waals surface area (Å²) in [7, 11) is 0. The molecule has 4 rings (SSSR count). The molecule has 0 spiro atoms. The van der Waals surface area contributed by atoms with Crippen LogP contribution in [0.5, 0.6) is 0 Å². The first-order valence-corrected chi connectivity index (χ1v) is 12.2. The molecule has 1 aromatic heterocycles. The number of hydrogen-bond donors (Lipinski definition) is 0. The van der Waals surface area contributed by atoms with Crippen molar-refractivity contribution >= 4 is 28.6 Å². The summed E-state index contributed by atoms with van der Waals surface area (Å²) in [4.78, 5) is 35.7. The van der Waals surface area contributed by atoms with E-state index in [1.165, 1.54) is 18.2 Å². The molecule has 2 fully saturated rings. The first kappa shape index (κ1) is 21.4. The van der Waals surface area contributed by atoms with Crippen LogP contribution in [-0.4, -0.2) is 63.2 Å². The molecular formula is C23H32N4O2S. The molecule has 1 aromatic carbocycles. The van der Waals surface area contributed by atoms with Gasteiger partial charge in [-0.1, -0.05) is 50.1 Å². The van der Waals surface area contributed by atoms with Crippen LogP contribution >= 0.6 is 11.8 Å². The van der Waals surface area contributed by atoms with E-state index in [1.54, 1.807) is 0 Å². The first-order chi connectivity index (χ1) is 14.6. The molecule has 1 aliphatic carbocycles. The van der Waals surface area contributed by atoms with Gasteiger partial charge in [-0.15, -0.1) is 0 Å². The van der Waals surface area contributed by atoms with E-state index in [0.717, 1.165) is 58.4 Å². The maximum Gasteiger partial charge on any atom is 0.262 e. The summed E-state index contributed by atoms with van der Waals surface area (Å²) in [6, 6.07) is 7.74. The number of nitrogens with zero attached hydrogens (tertiary/aromatic N) is 4. The molecule has 162 valence electrons. The molecule has 1 saturated carbocycles. The first-order valence-electron chi connectivity index (χ1n) is 11.3. The van der Waals surface area contributed by atoms with Gasteiger partial charge in [0.2, 0.25) is 5.91 Å². The van der Waals surface area contributed by atoms with Crippen LogP contribution in [0.25, 0.3) is 10.9 Å². The minimum atomic E-state index is -0.263. The molecule has 0 radical (unpaired) electrons. The van der Waals surface area contributed by atoms with Crippen LogP contribution in [-0.2, 0) is 4.79 Å². The van der Waals surface area contributed by atoms with E-state index in [-0.39, 0.29) is 22.8 Å². The smallest absolute Gasteiger partial charge is 0.262 e. The van der Waals surface area contributed by atoms with Crippen molar-refractivity contribution in [3.8, 4) is 0 Å². The van der Waals surface area contributed by atoms with E-state index in [0.29, 0.717) is 16.1 Å². The Labute approximate surface area is 182 Å². The summed E-state index contributed by atoms with van der Waals surface area (Å²) in [6.07, 6.45) is 5.53. The van der Waals surface area contributed by atoms with E-state index in [2.05, 4.69) is 11.8 Å². The number of carbonyl (C=O) groups is 1. The molecule has 1 amide bonds. The Kier molecular flexibility index (Phi) is 6.78. The fraction of sp³-hybridized carbons (Fsp3) is 0.609. The second-order valence-electron chi connectivity index (χ2n) is 8.40. The summed E-state index contributed by atoms with van der Waals surface area (Å²) in [5, 5.41) is 1.10. The molecule has 0 N–H and O–H groups in total. The maximum absolute atomic E-state index is 13.4. The number of fused-ring (bicyclic) bond motifs is 1. The lowest BCUT2D eigenvalue weighted by Gasteiger charge is -2.35. The topological polar surface area (TPSA) is 58.4 Å². The number of rotatable bonds is 5. The van der Waals surface area contributed by atoms with Crippen LogP contribution in [0.15, 0.2) is 34.2 Å². The van der Waals surface area contributed by atoms with Crippen LogP contribution in [0, 0.1) is 0 Å². The number of para-hydroxylation sites is 1. The largest absolute Gasteiger partial charge is 0.339 e. The highest BCUT2D eigenvalue weighted by atomic mass is 32.2. The number of likely N-dealkylation sites (N-methyl/N-ethyl adjacent to an activating group) is 1. The highest BCUT2D eigenvalue weighted by Crippen LogP contribution is 2.32. The average Bonchev–Trinajstić information content (AvgIpc) is 2.79. The lowest BCUT2D eigenvalue weighted by Crippen LogP contribution is -2.50. The Morgan fingerprint density at radius 1 is 1.13 bits per heavy atom. The van der Waals surface area contributed by atoms with Crippen molar-refractivity contribution in [3.05, 3.63) is 34.6 Å². The normalized spacial score (nSPS) is 19.9. The van der Waals surface area contributed by atoms with Crippen molar-refractivity contribution in [2.75, 3.05) is 32.7 Å². The number of benzene rings is 1. The molecule has 2 aromatic rings. The van der Waals surface area contributed by atoms with Gasteiger partial charge in [0.05, 0.1) is 16.2 Å². The molecule has 2 heterocycles. The quantitative estimate of drug-likeness (QED) is 0.538. The van der Waals surface area contributed by atoms with Crippen molar-refractivity contribution in [1.82, 2.24) is 19.4 Å². The van der Waals surface area contributed by atoms with Gasteiger partial charge in [0.1, 0.15) is 0 Å². The van der Waals surface area contributed by atoms with Gasteiger partial charge in [-0.3, -0.25) is 14.2 Å². The summed E-state index contributed by atoms with van der Waals surface area (Å²) in [5.41, 5.74) is 0.750. The lowest BCUT2D eigenvalue weighted by atomic mass is 9.95. The monoisotopic (exact) mass is 428 g/mol. The summed E-state index contributed by atoms with van der Waals surface area (Å²) in [6.45, 7) is 8.55. The highest BCUT2D eigenvalue weighted by Gasteiger charge is 2.28. The number of carbonyl (C=O) groups excluding carboxylic acids is 1. The molecule has 7 heteroatoms. The van der Waals surface area contributed by atoms with Gasteiger partial charge >= 0.3 is 0 Å². The number of thioether (sulfide) groups is 1. The third-order valence-corrected chi connectivity index (χ3v) is 7.53. The Balaban J connectivity index is 1.61. The van der Waals surface area contributed by atoms with Gasteiger partial charge in [-0.2, -0.15) is 0 Å². The SMILES string of the molecule is CCN1CCN(C(=O)[C@H](C)Sc2nc3ccccc3c(=O)n2C2CCCCC2)CC1. The van der Waals surface area contributed by atoms with Gasteiger partial charge in [0, 0.05) is 32.2 Å². The van der Waals surface area contributed by atoms with Crippen LogP contribution in [0.3, 0.4) is 0 Å². The molecule has 0 bridgehead atoms. The van der Waals surface area contributed by atoms with Crippen molar-refractivity contribution in [1.29, 1.82) is 0 Å². The van der Waals surface area contributed by atoms with Crippen molar-refractivity contribution in [3.63, 3.8) is 0 Å². The average molecular weight is 429 g/mol. The van der Waals surface area contributed by atoms with E-state index in [1.807, 2.05) is 40.7 Å². The molecule has 1 atom stereocenters. The number of piperazine rings is 1. The number of amides is 1. The number of hydrogen-bond acceptors (Lipinski definition) is 5. The zero-order chi connectivity index (χ0) is 21.1. The van der Waals surface area contributed by atoms with Crippen LogP contribution in [0.4, 0.5) is 0 Å². The molecule has 30 heavy (non-hydrogen) atoms. The van der Waals surface area contributed by atoms with Crippen molar-refractivity contribution in [2.24, 2.45) is 0 Å². The maximum atomic E-state index is 13.4. The van der Waals surface area contributed by atoms with E-state index < -0.39 is 0 Å². The van der Waals surface area contributed by atoms with E-state index >= 15 is 0 Å². The lowest BCUT2D eigenvalue weighted by molar-refractivity contribution is -0.132. The summed E-state index contributed by atoms with van der Waals surface area (Å²) >= 11 is 1.45. The zero-order valence-corrected chi connectivity index (χ0v) is 18.9. The fourth-order valence-electron chi connectivity index (χ4n) is 4.62. The fourth-order valence-corrected chi connectivity index (χ4v) is 5.68. The van der Waals surface area contributed by atoms with Crippen molar-refractivity contribution in [2.45, 2.75) is 62.4 Å². The van der Waals surface area contributed by atoms with Crippen molar-refractivity contribution < 1.29 is 4.79 Å². The summed E-state index contributed by atoms with van der Waals surface area (Å²) < 4.78 is 1.89. The predicted molar refractivity (Wildman–Crippen MR) is 122 cm³/mol. The molecule has 2 aliphatic rings. The predicted octanol–water partition coefficient (Wildman–Crippen LogP) is 3.55. The zero-order valence-electron chi connectivity index (χ0n) is 18.0. The molecule has 0 unspecified atom stereocenters. The Bertz CT molecular complexity index is 946. The minimum Gasteiger partial charge on any atom is -0.339 e. The van der Waals surface area contributed by atoms with Gasteiger partial charge in [0.25, 0.3) is 5.56 Å². The second kappa shape index (κ2) is 9.52. The van der Waals surface area contributed by atoms with Gasteiger partial charge in [-0.05, 0) is 38.4 Å². The van der Waals surface area contributed by atoms with Gasteiger partial charge in [-0.25, -0.2) is 4.98 Å². The number of aromatic nitrogens is 2. The Hall–Kier alpha value is -1.86. The minimum absolute atomic E-state index is 0.0335. The van der Waals surface area contributed by atoms with E-state index in [4.69, 9.17) is 4.98 Å². The van der Waals surface area contributed by atoms with E-state index in [9.17, 15) is 9.59 Å². The summed E-state index contributed by atoms with van der Waals surface area (Å²) in [5.74, 6) is 0.147.